The van der Waals surface area contributed by atoms with Crippen molar-refractivity contribution in [1.82, 2.24) is 0 Å². The minimum Gasteiger partial charge on any atom is -0.443 e. The molecule has 1 atom stereocenters. The first-order valence-corrected chi connectivity index (χ1v) is 8.70. The second-order valence-corrected chi connectivity index (χ2v) is 8.45. The smallest absolute Gasteiger partial charge is 0.421 e. The van der Waals surface area contributed by atoms with Crippen LogP contribution in [0.2, 0.25) is 0 Å². The molecule has 0 fully saturated rings. The molecule has 2 rings (SSSR count). The van der Waals surface area contributed by atoms with Gasteiger partial charge in [0.05, 0.1) is 11.1 Å². The molecule has 0 aromatic heterocycles. The van der Waals surface area contributed by atoms with Gasteiger partial charge >= 0.3 is 6.09 Å². The number of benzene rings is 1. The molecule has 1 aliphatic heterocycles. The second kappa shape index (κ2) is 6.50. The lowest BCUT2D eigenvalue weighted by Gasteiger charge is -2.26. The van der Waals surface area contributed by atoms with Crippen molar-refractivity contribution in [3.63, 3.8) is 0 Å². The van der Waals surface area contributed by atoms with Crippen LogP contribution in [0.5, 0.6) is 0 Å². The summed E-state index contributed by atoms with van der Waals surface area (Å²) in [6.45, 7) is 9.77. The topological polar surface area (TPSA) is 83.9 Å². The Labute approximate surface area is 154 Å². The van der Waals surface area contributed by atoms with E-state index in [1.165, 1.54) is 13.8 Å². The highest BCUT2D eigenvalue weighted by atomic mass is 16.6. The summed E-state index contributed by atoms with van der Waals surface area (Å²) in [5, 5.41) is 9.85. The van der Waals surface area contributed by atoms with E-state index in [0.717, 1.165) is 4.90 Å². The maximum absolute atomic E-state index is 13.1. The molecule has 6 nitrogen and oxygen atoms in total. The van der Waals surface area contributed by atoms with Crippen LogP contribution in [0.4, 0.5) is 10.5 Å². The standard InChI is InChI=1S/C20H27NO5/c1-18(2,3)26-17(24)21-14-10-8-7-9-13(14)20(6,16(21)23)12-11-15(22)19(4,5)25/h7-10,25H,11-12H2,1-6H3/t20-/m0/s1. The maximum atomic E-state index is 13.1. The predicted octanol–water partition coefficient (Wildman–Crippen LogP) is 3.35. The summed E-state index contributed by atoms with van der Waals surface area (Å²) < 4.78 is 5.38. The number of ketones is 1. The number of para-hydroxylation sites is 1. The fourth-order valence-electron chi connectivity index (χ4n) is 3.01. The minimum atomic E-state index is -1.46. The quantitative estimate of drug-likeness (QED) is 0.889. The zero-order valence-corrected chi connectivity index (χ0v) is 16.3. The summed E-state index contributed by atoms with van der Waals surface area (Å²) >= 11 is 0. The van der Waals surface area contributed by atoms with Gasteiger partial charge in [-0.15, -0.1) is 0 Å². The number of amides is 2. The Hall–Kier alpha value is -2.21. The Morgan fingerprint density at radius 3 is 2.27 bits per heavy atom. The monoisotopic (exact) mass is 361 g/mol. The first-order chi connectivity index (χ1) is 11.8. The van der Waals surface area contributed by atoms with Crippen LogP contribution >= 0.6 is 0 Å². The van der Waals surface area contributed by atoms with Gasteiger partial charge in [-0.1, -0.05) is 18.2 Å². The summed E-state index contributed by atoms with van der Waals surface area (Å²) in [6, 6.07) is 7.02. The lowest BCUT2D eigenvalue weighted by molar-refractivity contribution is -0.134. The highest BCUT2D eigenvalue weighted by Crippen LogP contribution is 2.45. The van der Waals surface area contributed by atoms with Crippen molar-refractivity contribution in [3.05, 3.63) is 29.8 Å². The lowest BCUT2D eigenvalue weighted by Crippen LogP contribution is -2.44. The molecule has 0 saturated carbocycles. The van der Waals surface area contributed by atoms with Crippen LogP contribution in [-0.4, -0.2) is 34.1 Å². The number of Topliss-reactive ketones (excluding diaryl/α,β-unsaturated/α-hetero) is 1. The molecule has 1 aliphatic rings. The Bertz CT molecular complexity index is 741. The highest BCUT2D eigenvalue weighted by molar-refractivity contribution is 6.21. The fraction of sp³-hybridized carbons (Fsp3) is 0.550. The van der Waals surface area contributed by atoms with E-state index in [1.807, 2.05) is 0 Å². The van der Waals surface area contributed by atoms with Crippen molar-refractivity contribution in [3.8, 4) is 0 Å². The van der Waals surface area contributed by atoms with Gasteiger partial charge in [-0.2, -0.15) is 0 Å². The van der Waals surface area contributed by atoms with Gasteiger partial charge in [-0.05, 0) is 59.6 Å². The van der Waals surface area contributed by atoms with Crippen molar-refractivity contribution in [2.45, 2.75) is 71.0 Å². The molecule has 1 aromatic rings. The number of hydrogen-bond acceptors (Lipinski definition) is 5. The lowest BCUT2D eigenvalue weighted by atomic mass is 9.78. The summed E-state index contributed by atoms with van der Waals surface area (Å²) in [5.41, 5.74) is -2.07. The molecule has 6 heteroatoms. The molecular formula is C20H27NO5. The van der Waals surface area contributed by atoms with Gasteiger partial charge in [0, 0.05) is 6.42 Å². The highest BCUT2D eigenvalue weighted by Gasteiger charge is 2.50. The molecule has 142 valence electrons. The number of ether oxygens (including phenoxy) is 1. The first-order valence-electron chi connectivity index (χ1n) is 8.70. The fourth-order valence-corrected chi connectivity index (χ4v) is 3.01. The van der Waals surface area contributed by atoms with E-state index >= 15 is 0 Å². The van der Waals surface area contributed by atoms with Crippen LogP contribution in [0.3, 0.4) is 0 Å². The predicted molar refractivity (Wildman–Crippen MR) is 98.1 cm³/mol. The van der Waals surface area contributed by atoms with Crippen molar-refractivity contribution in [2.24, 2.45) is 0 Å². The summed E-state index contributed by atoms with van der Waals surface area (Å²) in [6.07, 6.45) is -0.500. The van der Waals surface area contributed by atoms with Gasteiger partial charge in [0.1, 0.15) is 11.2 Å². The summed E-state index contributed by atoms with van der Waals surface area (Å²) in [7, 11) is 0. The Balaban J connectivity index is 2.36. The molecule has 0 spiro atoms. The summed E-state index contributed by atoms with van der Waals surface area (Å²) in [4.78, 5) is 38.9. The molecule has 2 amide bonds. The largest absolute Gasteiger partial charge is 0.443 e. The van der Waals surface area contributed by atoms with Crippen molar-refractivity contribution in [1.29, 1.82) is 0 Å². The number of carbonyl (C=O) groups is 3. The van der Waals surface area contributed by atoms with Crippen molar-refractivity contribution < 1.29 is 24.2 Å². The van der Waals surface area contributed by atoms with Crippen LogP contribution in [0.15, 0.2) is 24.3 Å². The number of fused-ring (bicyclic) bond motifs is 1. The van der Waals surface area contributed by atoms with E-state index in [1.54, 1.807) is 52.0 Å². The van der Waals surface area contributed by atoms with E-state index in [4.69, 9.17) is 4.74 Å². The minimum absolute atomic E-state index is 0.0300. The van der Waals surface area contributed by atoms with E-state index in [0.29, 0.717) is 11.3 Å². The van der Waals surface area contributed by atoms with Gasteiger partial charge in [0.15, 0.2) is 5.78 Å². The number of carbonyl (C=O) groups excluding carboxylic acids is 3. The third-order valence-electron chi connectivity index (χ3n) is 4.53. The van der Waals surface area contributed by atoms with Gasteiger partial charge < -0.3 is 9.84 Å². The van der Waals surface area contributed by atoms with Gasteiger partial charge in [0.25, 0.3) is 0 Å². The third kappa shape index (κ3) is 3.80. The molecule has 0 saturated heterocycles. The zero-order valence-electron chi connectivity index (χ0n) is 16.3. The molecule has 0 bridgehead atoms. The van der Waals surface area contributed by atoms with Gasteiger partial charge in [-0.25, -0.2) is 9.69 Å². The van der Waals surface area contributed by atoms with Gasteiger partial charge in [0.2, 0.25) is 5.91 Å². The van der Waals surface area contributed by atoms with E-state index < -0.39 is 28.6 Å². The van der Waals surface area contributed by atoms with E-state index in [2.05, 4.69) is 0 Å². The number of imide groups is 1. The molecule has 0 radical (unpaired) electrons. The Kier molecular flexibility index (Phi) is 5.03. The average Bonchev–Trinajstić information content (AvgIpc) is 2.71. The molecule has 1 heterocycles. The van der Waals surface area contributed by atoms with E-state index in [-0.39, 0.29) is 18.6 Å². The summed E-state index contributed by atoms with van der Waals surface area (Å²) in [5.74, 6) is -0.767. The van der Waals surface area contributed by atoms with Crippen LogP contribution in [-0.2, 0) is 19.7 Å². The molecule has 0 aliphatic carbocycles. The molecule has 1 N–H and O–H groups in total. The SMILES string of the molecule is CC(C)(C)OC(=O)N1C(=O)[C@@](C)(CCC(=O)C(C)(C)O)c2ccccc21. The third-order valence-corrected chi connectivity index (χ3v) is 4.53. The number of hydrogen-bond donors (Lipinski definition) is 1. The second-order valence-electron chi connectivity index (χ2n) is 8.45. The zero-order chi connectivity index (χ0) is 19.9. The van der Waals surface area contributed by atoms with Crippen LogP contribution in [0.1, 0.15) is 59.9 Å². The van der Waals surface area contributed by atoms with Gasteiger partial charge in [-0.3, -0.25) is 9.59 Å². The normalized spacial score (nSPS) is 20.1. The average molecular weight is 361 g/mol. The Morgan fingerprint density at radius 1 is 1.15 bits per heavy atom. The van der Waals surface area contributed by atoms with Crippen LogP contribution < -0.4 is 4.90 Å². The number of rotatable bonds is 4. The van der Waals surface area contributed by atoms with Crippen molar-refractivity contribution in [2.75, 3.05) is 4.90 Å². The first kappa shape index (κ1) is 20.1. The number of nitrogens with zero attached hydrogens (tertiary/aromatic N) is 1. The number of anilines is 1. The maximum Gasteiger partial charge on any atom is 0.421 e. The van der Waals surface area contributed by atoms with Crippen LogP contribution in [0, 0.1) is 0 Å². The van der Waals surface area contributed by atoms with Crippen molar-refractivity contribution >= 4 is 23.5 Å². The Morgan fingerprint density at radius 2 is 1.73 bits per heavy atom. The van der Waals surface area contributed by atoms with Crippen LogP contribution in [0.25, 0.3) is 0 Å². The molecule has 0 unspecified atom stereocenters. The molecular weight excluding hydrogens is 334 g/mol. The molecule has 26 heavy (non-hydrogen) atoms. The molecule has 1 aromatic carbocycles. The number of aliphatic hydroxyl groups is 1. The van der Waals surface area contributed by atoms with E-state index in [9.17, 15) is 19.5 Å².